The molecule has 1 N–H and O–H groups in total. The van der Waals surface area contributed by atoms with Crippen molar-refractivity contribution < 1.29 is 13.2 Å². The van der Waals surface area contributed by atoms with Crippen LogP contribution in [0.25, 0.3) is 0 Å². The molecule has 8 heteroatoms. The Balaban J connectivity index is 1.69. The zero-order chi connectivity index (χ0) is 14.9. The Morgan fingerprint density at radius 3 is 2.86 bits per heavy atom. The van der Waals surface area contributed by atoms with Crippen molar-refractivity contribution in [1.82, 2.24) is 25.3 Å². The first-order valence-electron chi connectivity index (χ1n) is 6.64. The summed E-state index contributed by atoms with van der Waals surface area (Å²) < 4.78 is 38.1. The highest BCUT2D eigenvalue weighted by molar-refractivity contribution is 5.28. The Hall–Kier alpha value is -1.96. The van der Waals surface area contributed by atoms with Gasteiger partial charge in [0.15, 0.2) is 0 Å². The van der Waals surface area contributed by atoms with E-state index in [0.29, 0.717) is 18.5 Å². The van der Waals surface area contributed by atoms with E-state index >= 15 is 0 Å². The summed E-state index contributed by atoms with van der Waals surface area (Å²) in [6, 6.07) is 1.21. The van der Waals surface area contributed by atoms with Gasteiger partial charge in [0, 0.05) is 44.4 Å². The number of H-pyrrole nitrogens is 1. The molecule has 0 unspecified atom stereocenters. The Labute approximate surface area is 119 Å². The van der Waals surface area contributed by atoms with Gasteiger partial charge in [0.05, 0.1) is 17.5 Å². The number of aromatic amines is 1. The van der Waals surface area contributed by atoms with Crippen LogP contribution >= 0.6 is 0 Å². The maximum atomic E-state index is 12.7. The van der Waals surface area contributed by atoms with Gasteiger partial charge in [-0.05, 0) is 11.6 Å². The van der Waals surface area contributed by atoms with Crippen molar-refractivity contribution in [1.29, 1.82) is 0 Å². The summed E-state index contributed by atoms with van der Waals surface area (Å²) in [7, 11) is 0. The number of fused-ring (bicyclic) bond motifs is 1. The quantitative estimate of drug-likeness (QED) is 0.939. The van der Waals surface area contributed by atoms with Crippen molar-refractivity contribution in [2.75, 3.05) is 13.1 Å². The molecule has 0 spiro atoms. The fraction of sp³-hybridized carbons (Fsp3) is 0.462. The fourth-order valence-electron chi connectivity index (χ4n) is 2.45. The third-order valence-corrected chi connectivity index (χ3v) is 3.60. The van der Waals surface area contributed by atoms with Gasteiger partial charge >= 0.3 is 6.18 Å². The molecule has 0 aliphatic carbocycles. The van der Waals surface area contributed by atoms with Crippen molar-refractivity contribution >= 4 is 0 Å². The van der Waals surface area contributed by atoms with Gasteiger partial charge in [-0.15, -0.1) is 0 Å². The minimum Gasteiger partial charge on any atom is -0.298 e. The van der Waals surface area contributed by atoms with Crippen LogP contribution in [0.15, 0.2) is 18.5 Å². The van der Waals surface area contributed by atoms with Crippen LogP contribution in [0.3, 0.4) is 0 Å². The summed E-state index contributed by atoms with van der Waals surface area (Å²) in [5, 5.41) is 10.2. The zero-order valence-electron chi connectivity index (χ0n) is 11.2. The van der Waals surface area contributed by atoms with Gasteiger partial charge < -0.3 is 0 Å². The minimum absolute atomic E-state index is 0.490. The van der Waals surface area contributed by atoms with E-state index in [2.05, 4.69) is 25.3 Å². The van der Waals surface area contributed by atoms with Gasteiger partial charge in [0.1, 0.15) is 0 Å². The second-order valence-corrected chi connectivity index (χ2v) is 5.07. The molecular formula is C13H14F3N5. The highest BCUT2D eigenvalue weighted by Crippen LogP contribution is 2.31. The van der Waals surface area contributed by atoms with Gasteiger partial charge in [-0.25, -0.2) is 0 Å². The number of halogens is 3. The second kappa shape index (κ2) is 5.44. The molecule has 0 bridgehead atoms. The lowest BCUT2D eigenvalue weighted by molar-refractivity contribution is -0.137. The van der Waals surface area contributed by atoms with Crippen molar-refractivity contribution in [3.8, 4) is 0 Å². The lowest BCUT2D eigenvalue weighted by atomic mass is 10.0. The van der Waals surface area contributed by atoms with Gasteiger partial charge in [0.2, 0.25) is 0 Å². The van der Waals surface area contributed by atoms with Crippen LogP contribution in [-0.2, 0) is 25.6 Å². The number of nitrogens with one attached hydrogen (secondary N) is 1. The molecule has 1 aliphatic rings. The Morgan fingerprint density at radius 1 is 1.29 bits per heavy atom. The van der Waals surface area contributed by atoms with E-state index < -0.39 is 11.7 Å². The number of aromatic nitrogens is 4. The van der Waals surface area contributed by atoms with Crippen LogP contribution in [0.1, 0.15) is 22.5 Å². The molecule has 5 nitrogen and oxygen atoms in total. The van der Waals surface area contributed by atoms with Gasteiger partial charge in [-0.2, -0.15) is 28.6 Å². The monoisotopic (exact) mass is 297 g/mol. The first-order chi connectivity index (χ1) is 10.0. The summed E-state index contributed by atoms with van der Waals surface area (Å²) in [5.74, 6) is 0. The van der Waals surface area contributed by atoms with Crippen molar-refractivity contribution in [2.45, 2.75) is 25.6 Å². The van der Waals surface area contributed by atoms with Crippen LogP contribution in [0, 0.1) is 0 Å². The van der Waals surface area contributed by atoms with Crippen LogP contribution in [-0.4, -0.2) is 38.4 Å². The molecule has 3 heterocycles. The molecule has 0 amide bonds. The average molecular weight is 297 g/mol. The van der Waals surface area contributed by atoms with E-state index in [0.717, 1.165) is 37.1 Å². The Kier molecular flexibility index (Phi) is 3.62. The summed E-state index contributed by atoms with van der Waals surface area (Å²) in [4.78, 5) is 6.07. The van der Waals surface area contributed by atoms with E-state index in [4.69, 9.17) is 0 Å². The number of pyridine rings is 1. The molecular weight excluding hydrogens is 283 g/mol. The Bertz CT molecular complexity index is 609. The number of hydrogen-bond acceptors (Lipinski definition) is 4. The topological polar surface area (TPSA) is 57.7 Å². The first-order valence-corrected chi connectivity index (χ1v) is 6.64. The number of rotatable bonds is 3. The van der Waals surface area contributed by atoms with E-state index in [1.54, 1.807) is 6.20 Å². The molecule has 2 aromatic rings. The summed E-state index contributed by atoms with van der Waals surface area (Å²) >= 11 is 0. The third kappa shape index (κ3) is 3.21. The molecule has 21 heavy (non-hydrogen) atoms. The van der Waals surface area contributed by atoms with E-state index in [1.807, 2.05) is 0 Å². The molecule has 3 rings (SSSR count). The maximum Gasteiger partial charge on any atom is 0.417 e. The molecule has 0 radical (unpaired) electrons. The summed E-state index contributed by atoms with van der Waals surface area (Å²) in [6.07, 6.45) is -0.374. The predicted molar refractivity (Wildman–Crippen MR) is 68.3 cm³/mol. The zero-order valence-corrected chi connectivity index (χ0v) is 11.2. The molecule has 0 saturated carbocycles. The normalized spacial score (nSPS) is 16.0. The Morgan fingerprint density at radius 2 is 2.14 bits per heavy atom. The number of nitrogens with zero attached hydrogens (tertiary/aromatic N) is 4. The number of hydrogen-bond donors (Lipinski definition) is 1. The van der Waals surface area contributed by atoms with E-state index in [-0.39, 0.29) is 0 Å². The number of alkyl halides is 3. The van der Waals surface area contributed by atoms with Crippen molar-refractivity contribution in [3.63, 3.8) is 0 Å². The van der Waals surface area contributed by atoms with Crippen LogP contribution in [0.4, 0.5) is 13.2 Å². The van der Waals surface area contributed by atoms with Gasteiger partial charge in [-0.3, -0.25) is 9.88 Å². The van der Waals surface area contributed by atoms with Crippen LogP contribution in [0.2, 0.25) is 0 Å². The molecule has 0 fully saturated rings. The largest absolute Gasteiger partial charge is 0.417 e. The third-order valence-electron chi connectivity index (χ3n) is 3.60. The average Bonchev–Trinajstić information content (AvgIpc) is 2.96. The predicted octanol–water partition coefficient (Wildman–Crippen LogP) is 1.82. The molecule has 0 aromatic carbocycles. The van der Waals surface area contributed by atoms with E-state index in [9.17, 15) is 13.2 Å². The van der Waals surface area contributed by atoms with Gasteiger partial charge in [-0.1, -0.05) is 0 Å². The van der Waals surface area contributed by atoms with Crippen LogP contribution in [0.5, 0.6) is 0 Å². The van der Waals surface area contributed by atoms with E-state index in [1.165, 1.54) is 6.07 Å². The molecule has 0 saturated heterocycles. The maximum absolute atomic E-state index is 12.7. The lowest BCUT2D eigenvalue weighted by Gasteiger charge is -2.28. The second-order valence-electron chi connectivity index (χ2n) is 5.07. The van der Waals surface area contributed by atoms with Crippen LogP contribution < -0.4 is 0 Å². The molecule has 1 aliphatic heterocycles. The SMILES string of the molecule is FC(F)(F)c1cnc2c(c1)CN(CCc1cn[nH]n1)CC2. The molecule has 2 aromatic heterocycles. The highest BCUT2D eigenvalue weighted by atomic mass is 19.4. The molecule has 0 atom stereocenters. The smallest absolute Gasteiger partial charge is 0.298 e. The first kappa shape index (κ1) is 14.0. The standard InChI is InChI=1S/C13H14F3N5/c14-13(15,16)10-5-9-8-21(4-2-12(9)17-6-10)3-1-11-7-18-20-19-11/h5-7H,1-4,8H2,(H,18,19,20). The van der Waals surface area contributed by atoms with Crippen molar-refractivity contribution in [3.05, 3.63) is 41.0 Å². The summed E-state index contributed by atoms with van der Waals surface area (Å²) in [5.41, 5.74) is 1.60. The molecule has 112 valence electrons. The van der Waals surface area contributed by atoms with Gasteiger partial charge in [0.25, 0.3) is 0 Å². The summed E-state index contributed by atoms with van der Waals surface area (Å²) in [6.45, 7) is 2.02. The minimum atomic E-state index is -4.34. The fourth-order valence-corrected chi connectivity index (χ4v) is 2.45. The highest BCUT2D eigenvalue weighted by Gasteiger charge is 2.32. The lowest BCUT2D eigenvalue weighted by Crippen LogP contribution is -2.33. The van der Waals surface area contributed by atoms with Crippen molar-refractivity contribution in [2.24, 2.45) is 0 Å².